The van der Waals surface area contributed by atoms with Crippen molar-refractivity contribution in [2.75, 3.05) is 6.54 Å². The molecule has 1 aliphatic heterocycles. The number of hydrogen-bond donors (Lipinski definition) is 0. The number of furan rings is 1. The molecule has 0 unspecified atom stereocenters. The van der Waals surface area contributed by atoms with Crippen molar-refractivity contribution in [1.29, 1.82) is 5.26 Å². The topological polar surface area (TPSA) is 79.2 Å². The van der Waals surface area contributed by atoms with Gasteiger partial charge in [-0.1, -0.05) is 42.5 Å². The third-order valence-corrected chi connectivity index (χ3v) is 6.43. The van der Waals surface area contributed by atoms with Gasteiger partial charge in [0.25, 0.3) is 11.8 Å². The van der Waals surface area contributed by atoms with E-state index in [1.807, 2.05) is 49.4 Å². The van der Waals surface area contributed by atoms with Crippen molar-refractivity contribution >= 4 is 39.8 Å². The van der Waals surface area contributed by atoms with Crippen LogP contribution in [-0.4, -0.2) is 27.8 Å². The molecule has 2 aromatic heterocycles. The Bertz CT molecular complexity index is 1580. The first-order valence-corrected chi connectivity index (χ1v) is 11.3. The van der Waals surface area contributed by atoms with Crippen molar-refractivity contribution in [3.63, 3.8) is 0 Å². The predicted octanol–water partition coefficient (Wildman–Crippen LogP) is 5.69. The van der Waals surface area contributed by atoms with Crippen LogP contribution in [0.3, 0.4) is 0 Å². The third kappa shape index (κ3) is 3.17. The van der Waals surface area contributed by atoms with Gasteiger partial charge in [0, 0.05) is 42.1 Å². The van der Waals surface area contributed by atoms with Crippen molar-refractivity contribution in [2.45, 2.75) is 27.3 Å². The molecule has 0 radical (unpaired) electrons. The highest BCUT2D eigenvalue weighted by atomic mass is 16.3. The molecule has 3 heterocycles. The number of imide groups is 1. The maximum Gasteiger partial charge on any atom is 0.271 e. The molecule has 6 heteroatoms. The number of amides is 2. The number of aromatic nitrogens is 1. The molecule has 0 N–H and O–H groups in total. The van der Waals surface area contributed by atoms with Crippen LogP contribution >= 0.6 is 0 Å². The Morgan fingerprint density at radius 2 is 1.76 bits per heavy atom. The van der Waals surface area contributed by atoms with Crippen LogP contribution in [0.1, 0.15) is 26.5 Å². The molecule has 5 rings (SSSR count). The number of carbonyl (C=O) groups is 2. The second-order valence-electron chi connectivity index (χ2n) is 8.22. The van der Waals surface area contributed by atoms with E-state index in [1.54, 1.807) is 19.9 Å². The van der Waals surface area contributed by atoms with Gasteiger partial charge in [0.1, 0.15) is 17.4 Å². The lowest BCUT2D eigenvalue weighted by Gasteiger charge is -2.26. The van der Waals surface area contributed by atoms with Gasteiger partial charge in [-0.3, -0.25) is 14.5 Å². The van der Waals surface area contributed by atoms with Crippen LogP contribution in [-0.2, 0) is 16.1 Å². The standard InChI is InChI=1S/C28H23N3O3/c1-4-30-19(13-22-17(3)23(16-29)28(33)31(5-2)27(22)32)14-26-24(30)15-25(34-26)21-12-8-10-18-9-6-7-11-20(18)21/h6-15H,4-5H2,1-3H3/b22-13+. The summed E-state index contributed by atoms with van der Waals surface area (Å²) in [6, 6.07) is 20.2. The van der Waals surface area contributed by atoms with Crippen molar-refractivity contribution in [3.8, 4) is 17.4 Å². The smallest absolute Gasteiger partial charge is 0.271 e. The number of rotatable bonds is 4. The Morgan fingerprint density at radius 3 is 2.50 bits per heavy atom. The highest BCUT2D eigenvalue weighted by molar-refractivity contribution is 6.19. The van der Waals surface area contributed by atoms with Crippen LogP contribution in [0.4, 0.5) is 0 Å². The highest BCUT2D eigenvalue weighted by Gasteiger charge is 2.34. The summed E-state index contributed by atoms with van der Waals surface area (Å²) in [5, 5.41) is 11.8. The quantitative estimate of drug-likeness (QED) is 0.296. The molecule has 0 atom stereocenters. The largest absolute Gasteiger partial charge is 0.454 e. The summed E-state index contributed by atoms with van der Waals surface area (Å²) >= 11 is 0. The maximum atomic E-state index is 13.0. The average Bonchev–Trinajstić information content (AvgIpc) is 3.39. The molecule has 0 spiro atoms. The molecule has 0 bridgehead atoms. The molecule has 6 nitrogen and oxygen atoms in total. The number of fused-ring (bicyclic) bond motifs is 2. The van der Waals surface area contributed by atoms with E-state index >= 15 is 0 Å². The number of carbonyl (C=O) groups excluding carboxylic acids is 2. The Morgan fingerprint density at radius 1 is 1.00 bits per heavy atom. The molecule has 0 saturated heterocycles. The molecular weight excluding hydrogens is 426 g/mol. The zero-order valence-electron chi connectivity index (χ0n) is 19.3. The monoisotopic (exact) mass is 449 g/mol. The summed E-state index contributed by atoms with van der Waals surface area (Å²) in [4.78, 5) is 26.6. The highest BCUT2D eigenvalue weighted by Crippen LogP contribution is 2.35. The number of likely N-dealkylation sites (N-methyl/N-ethyl adjacent to an activating group) is 1. The van der Waals surface area contributed by atoms with Crippen LogP contribution in [0.5, 0.6) is 0 Å². The van der Waals surface area contributed by atoms with E-state index in [-0.39, 0.29) is 18.0 Å². The molecule has 2 aromatic carbocycles. The summed E-state index contributed by atoms with van der Waals surface area (Å²) in [6.45, 7) is 6.27. The minimum atomic E-state index is -0.538. The fourth-order valence-electron chi connectivity index (χ4n) is 4.67. The van der Waals surface area contributed by atoms with Gasteiger partial charge in [0.2, 0.25) is 0 Å². The van der Waals surface area contributed by atoms with Gasteiger partial charge in [0.05, 0.1) is 5.52 Å². The van der Waals surface area contributed by atoms with Gasteiger partial charge >= 0.3 is 0 Å². The summed E-state index contributed by atoms with van der Waals surface area (Å²) in [5.74, 6) is -0.146. The van der Waals surface area contributed by atoms with E-state index in [2.05, 4.69) is 22.8 Å². The minimum Gasteiger partial charge on any atom is -0.454 e. The van der Waals surface area contributed by atoms with Crippen LogP contribution < -0.4 is 0 Å². The number of nitrogens with zero attached hydrogens (tertiary/aromatic N) is 3. The Hall–Kier alpha value is -4.37. The Balaban J connectivity index is 1.65. The van der Waals surface area contributed by atoms with Gasteiger partial charge in [-0.2, -0.15) is 5.26 Å². The lowest BCUT2D eigenvalue weighted by molar-refractivity contribution is -0.140. The molecule has 1 aliphatic rings. The molecule has 168 valence electrons. The molecule has 4 aromatic rings. The normalized spacial score (nSPS) is 15.7. The van der Waals surface area contributed by atoms with Crippen LogP contribution in [0.15, 0.2) is 75.7 Å². The van der Waals surface area contributed by atoms with E-state index in [9.17, 15) is 14.9 Å². The predicted molar refractivity (Wildman–Crippen MR) is 132 cm³/mol. The minimum absolute atomic E-state index is 0.00392. The number of aryl methyl sites for hydroxylation is 1. The molecule has 34 heavy (non-hydrogen) atoms. The summed E-state index contributed by atoms with van der Waals surface area (Å²) in [7, 11) is 0. The fraction of sp³-hybridized carbons (Fsp3) is 0.179. The first kappa shape index (κ1) is 21.5. The lowest BCUT2D eigenvalue weighted by atomic mass is 9.94. The van der Waals surface area contributed by atoms with E-state index in [0.717, 1.165) is 38.2 Å². The Labute approximate surface area is 197 Å². The zero-order chi connectivity index (χ0) is 24.0. The van der Waals surface area contributed by atoms with Gasteiger partial charge in [-0.05, 0) is 43.2 Å². The van der Waals surface area contributed by atoms with Gasteiger partial charge in [-0.15, -0.1) is 0 Å². The third-order valence-electron chi connectivity index (χ3n) is 6.43. The second kappa shape index (κ2) is 8.20. The average molecular weight is 450 g/mol. The van der Waals surface area contributed by atoms with Crippen molar-refractivity contribution < 1.29 is 14.0 Å². The fourth-order valence-corrected chi connectivity index (χ4v) is 4.67. The molecule has 0 fully saturated rings. The summed E-state index contributed by atoms with van der Waals surface area (Å²) in [5.41, 5.74) is 4.20. The van der Waals surface area contributed by atoms with E-state index in [1.165, 1.54) is 0 Å². The maximum absolute atomic E-state index is 13.0. The summed E-state index contributed by atoms with van der Waals surface area (Å²) < 4.78 is 8.34. The summed E-state index contributed by atoms with van der Waals surface area (Å²) in [6.07, 6.45) is 1.75. The van der Waals surface area contributed by atoms with Crippen LogP contribution in [0.25, 0.3) is 39.3 Å². The Kier molecular flexibility index (Phi) is 5.18. The van der Waals surface area contributed by atoms with E-state index < -0.39 is 5.91 Å². The van der Waals surface area contributed by atoms with Crippen LogP contribution in [0.2, 0.25) is 0 Å². The number of hydrogen-bond acceptors (Lipinski definition) is 4. The lowest BCUT2D eigenvalue weighted by Crippen LogP contribution is -2.42. The number of benzene rings is 2. The first-order chi connectivity index (χ1) is 16.5. The molecular formula is C28H23N3O3. The molecule has 2 amide bonds. The first-order valence-electron chi connectivity index (χ1n) is 11.3. The van der Waals surface area contributed by atoms with Gasteiger partial charge < -0.3 is 8.98 Å². The van der Waals surface area contributed by atoms with E-state index in [4.69, 9.17) is 4.42 Å². The van der Waals surface area contributed by atoms with Crippen LogP contribution in [0, 0.1) is 11.3 Å². The van der Waals surface area contributed by atoms with Gasteiger partial charge in [0.15, 0.2) is 5.58 Å². The van der Waals surface area contributed by atoms with Crippen molar-refractivity contribution in [1.82, 2.24) is 9.47 Å². The second-order valence-corrected chi connectivity index (χ2v) is 8.22. The number of nitriles is 1. The van der Waals surface area contributed by atoms with E-state index in [0.29, 0.717) is 23.3 Å². The molecule has 0 aliphatic carbocycles. The van der Waals surface area contributed by atoms with Crippen molar-refractivity contribution in [3.05, 3.63) is 77.0 Å². The molecule has 0 saturated carbocycles. The van der Waals surface area contributed by atoms with Crippen molar-refractivity contribution in [2.24, 2.45) is 0 Å². The SMILES string of the molecule is CCN1C(=O)C(C#N)=C(C)/C(=C\c2cc3oc(-c4cccc5ccccc45)cc3n2CC)C1=O. The van der Waals surface area contributed by atoms with Gasteiger partial charge in [-0.25, -0.2) is 0 Å². The zero-order valence-corrected chi connectivity index (χ0v) is 19.3.